The molecule has 1 aromatic heterocycles. The van der Waals surface area contributed by atoms with Crippen LogP contribution in [0.4, 0.5) is 9.52 Å². The molecule has 0 spiro atoms. The summed E-state index contributed by atoms with van der Waals surface area (Å²) in [4.78, 5) is 16.4. The van der Waals surface area contributed by atoms with Gasteiger partial charge in [-0.2, -0.15) is 13.7 Å². The van der Waals surface area contributed by atoms with Crippen LogP contribution in [0.1, 0.15) is 0 Å². The lowest BCUT2D eigenvalue weighted by molar-refractivity contribution is -0.116. The van der Waals surface area contributed by atoms with Gasteiger partial charge in [-0.05, 0) is 48.5 Å². The summed E-state index contributed by atoms with van der Waals surface area (Å²) in [6.07, 6.45) is 0. The number of amides is 1. The number of nitrogens with one attached hydrogen (secondary N) is 1. The number of anilines is 1. The Labute approximate surface area is 170 Å². The Balaban J connectivity index is 1.65. The molecule has 0 saturated carbocycles. The fraction of sp³-hybridized carbons (Fsp3) is 0.118. The standard InChI is InChI=1S/C17H14ClFN4O3S2/c1-23(28(25,26)14-8-4-12(18)5-9-14)10-15(24)20-17-21-16(22-27-17)11-2-6-13(19)7-3-11/h2-9H,10H2,1H3,(H,20,21,22,24). The number of hydrogen-bond acceptors (Lipinski definition) is 6. The van der Waals surface area contributed by atoms with Crippen molar-refractivity contribution in [3.8, 4) is 11.4 Å². The lowest BCUT2D eigenvalue weighted by Crippen LogP contribution is -2.34. The fourth-order valence-electron chi connectivity index (χ4n) is 2.22. The highest BCUT2D eigenvalue weighted by molar-refractivity contribution is 7.89. The molecule has 7 nitrogen and oxygen atoms in total. The zero-order valence-corrected chi connectivity index (χ0v) is 16.9. The summed E-state index contributed by atoms with van der Waals surface area (Å²) in [6.45, 7) is -0.406. The fourth-order valence-corrected chi connectivity index (χ4v) is 4.08. The largest absolute Gasteiger partial charge is 0.300 e. The van der Waals surface area contributed by atoms with Gasteiger partial charge in [-0.3, -0.25) is 10.1 Å². The minimum Gasteiger partial charge on any atom is -0.300 e. The van der Waals surface area contributed by atoms with Crippen LogP contribution in [0, 0.1) is 5.82 Å². The van der Waals surface area contributed by atoms with Gasteiger partial charge >= 0.3 is 0 Å². The predicted octanol–water partition coefficient (Wildman–Crippen LogP) is 3.26. The van der Waals surface area contributed by atoms with Gasteiger partial charge in [0.2, 0.25) is 21.1 Å². The Bertz CT molecular complexity index is 1090. The van der Waals surface area contributed by atoms with Gasteiger partial charge in [-0.25, -0.2) is 12.8 Å². The van der Waals surface area contributed by atoms with Gasteiger partial charge in [-0.15, -0.1) is 0 Å². The third-order valence-electron chi connectivity index (χ3n) is 3.66. The first-order valence-corrected chi connectivity index (χ1v) is 10.5. The van der Waals surface area contributed by atoms with E-state index in [-0.39, 0.29) is 15.8 Å². The van der Waals surface area contributed by atoms with E-state index in [9.17, 15) is 17.6 Å². The molecule has 3 aromatic rings. The molecule has 0 aliphatic carbocycles. The second-order valence-electron chi connectivity index (χ2n) is 5.69. The number of likely N-dealkylation sites (N-methyl/N-ethyl adjacent to an activating group) is 1. The maximum atomic E-state index is 13.0. The van der Waals surface area contributed by atoms with Gasteiger partial charge in [0.05, 0.1) is 11.4 Å². The molecule has 0 bridgehead atoms. The summed E-state index contributed by atoms with van der Waals surface area (Å²) in [7, 11) is -2.54. The average Bonchev–Trinajstić information content (AvgIpc) is 3.10. The minimum absolute atomic E-state index is 0.0294. The van der Waals surface area contributed by atoms with Crippen LogP contribution in [0.2, 0.25) is 5.02 Å². The smallest absolute Gasteiger partial charge is 0.243 e. The van der Waals surface area contributed by atoms with Crippen molar-refractivity contribution in [3.63, 3.8) is 0 Å². The van der Waals surface area contributed by atoms with Crippen LogP contribution in [-0.4, -0.2) is 41.6 Å². The molecule has 0 atom stereocenters. The molecule has 11 heteroatoms. The van der Waals surface area contributed by atoms with Crippen LogP contribution in [0.5, 0.6) is 0 Å². The third-order valence-corrected chi connectivity index (χ3v) is 6.36. The SMILES string of the molecule is CN(CC(=O)Nc1nc(-c2ccc(F)cc2)ns1)S(=O)(=O)c1ccc(Cl)cc1. The number of carbonyl (C=O) groups is 1. The second-order valence-corrected chi connectivity index (χ2v) is 8.93. The number of carbonyl (C=O) groups excluding carboxylic acids is 1. The van der Waals surface area contributed by atoms with Crippen molar-refractivity contribution in [1.82, 2.24) is 13.7 Å². The van der Waals surface area contributed by atoms with E-state index in [0.717, 1.165) is 15.8 Å². The van der Waals surface area contributed by atoms with E-state index in [1.54, 1.807) is 0 Å². The van der Waals surface area contributed by atoms with Crippen LogP contribution in [0.3, 0.4) is 0 Å². The molecule has 1 heterocycles. The van der Waals surface area contributed by atoms with Gasteiger partial charge in [0.15, 0.2) is 5.82 Å². The molecule has 0 fully saturated rings. The van der Waals surface area contributed by atoms with E-state index in [2.05, 4.69) is 14.7 Å². The molecule has 1 N–H and O–H groups in total. The number of sulfonamides is 1. The number of hydrogen-bond donors (Lipinski definition) is 1. The molecular weight excluding hydrogens is 427 g/mol. The van der Waals surface area contributed by atoms with Crippen LogP contribution >= 0.6 is 23.1 Å². The van der Waals surface area contributed by atoms with E-state index >= 15 is 0 Å². The van der Waals surface area contributed by atoms with Gasteiger partial charge < -0.3 is 0 Å². The highest BCUT2D eigenvalue weighted by Crippen LogP contribution is 2.22. The second kappa shape index (κ2) is 8.31. The van der Waals surface area contributed by atoms with Crippen molar-refractivity contribution in [2.24, 2.45) is 0 Å². The molecule has 1 amide bonds. The van der Waals surface area contributed by atoms with Gasteiger partial charge in [0.1, 0.15) is 5.82 Å². The number of rotatable bonds is 6. The highest BCUT2D eigenvalue weighted by Gasteiger charge is 2.23. The molecule has 0 aliphatic rings. The summed E-state index contributed by atoms with van der Waals surface area (Å²) in [5, 5.41) is 3.13. The lowest BCUT2D eigenvalue weighted by Gasteiger charge is -2.16. The maximum Gasteiger partial charge on any atom is 0.243 e. The van der Waals surface area contributed by atoms with E-state index in [4.69, 9.17) is 11.6 Å². The summed E-state index contributed by atoms with van der Waals surface area (Å²) in [6, 6.07) is 11.3. The van der Waals surface area contributed by atoms with Crippen LogP contribution in [-0.2, 0) is 14.8 Å². The molecule has 28 heavy (non-hydrogen) atoms. The van der Waals surface area contributed by atoms with E-state index < -0.39 is 22.5 Å². The highest BCUT2D eigenvalue weighted by atomic mass is 35.5. The summed E-state index contributed by atoms with van der Waals surface area (Å²) < 4.78 is 43.0. The van der Waals surface area contributed by atoms with Crippen molar-refractivity contribution < 1.29 is 17.6 Å². The molecule has 3 rings (SSSR count). The first-order chi connectivity index (χ1) is 13.3. The van der Waals surface area contributed by atoms with Crippen molar-refractivity contribution in [3.05, 3.63) is 59.4 Å². The van der Waals surface area contributed by atoms with Crippen molar-refractivity contribution in [2.45, 2.75) is 4.90 Å². The zero-order chi connectivity index (χ0) is 20.3. The molecule has 2 aromatic carbocycles. The van der Waals surface area contributed by atoms with Gasteiger partial charge in [0, 0.05) is 29.2 Å². The van der Waals surface area contributed by atoms with Crippen molar-refractivity contribution in [2.75, 3.05) is 18.9 Å². The maximum absolute atomic E-state index is 13.0. The molecule has 0 unspecified atom stereocenters. The molecule has 0 aliphatic heterocycles. The topological polar surface area (TPSA) is 92.3 Å². The van der Waals surface area contributed by atoms with E-state index in [1.807, 2.05) is 0 Å². The Morgan fingerprint density at radius 2 is 1.82 bits per heavy atom. The number of aromatic nitrogens is 2. The number of benzene rings is 2. The molecule has 146 valence electrons. The molecule has 0 radical (unpaired) electrons. The van der Waals surface area contributed by atoms with Crippen LogP contribution in [0.25, 0.3) is 11.4 Å². The Kier molecular flexibility index (Phi) is 6.04. The normalized spacial score (nSPS) is 11.6. The first kappa shape index (κ1) is 20.3. The number of halogens is 2. The average molecular weight is 441 g/mol. The van der Waals surface area contributed by atoms with Crippen molar-refractivity contribution in [1.29, 1.82) is 0 Å². The Morgan fingerprint density at radius 3 is 2.46 bits per heavy atom. The summed E-state index contributed by atoms with van der Waals surface area (Å²) in [5.41, 5.74) is 0.598. The first-order valence-electron chi connectivity index (χ1n) is 7.87. The van der Waals surface area contributed by atoms with Crippen LogP contribution in [0.15, 0.2) is 53.4 Å². The molecule has 0 saturated heterocycles. The monoisotopic (exact) mass is 440 g/mol. The minimum atomic E-state index is -3.84. The Hall–Kier alpha value is -2.40. The predicted molar refractivity (Wildman–Crippen MR) is 105 cm³/mol. The molecular formula is C17H14ClFN4O3S2. The van der Waals surface area contributed by atoms with E-state index in [1.165, 1.54) is 55.6 Å². The van der Waals surface area contributed by atoms with Crippen LogP contribution < -0.4 is 5.32 Å². The number of nitrogens with zero attached hydrogens (tertiary/aromatic N) is 3. The zero-order valence-electron chi connectivity index (χ0n) is 14.5. The van der Waals surface area contributed by atoms with Gasteiger partial charge in [-0.1, -0.05) is 11.6 Å². The lowest BCUT2D eigenvalue weighted by atomic mass is 10.2. The van der Waals surface area contributed by atoms with Gasteiger partial charge in [0.25, 0.3) is 0 Å². The van der Waals surface area contributed by atoms with E-state index in [0.29, 0.717) is 16.4 Å². The third kappa shape index (κ3) is 4.71. The summed E-state index contributed by atoms with van der Waals surface area (Å²) >= 11 is 6.71. The summed E-state index contributed by atoms with van der Waals surface area (Å²) in [5.74, 6) is -0.610. The van der Waals surface area contributed by atoms with Crippen molar-refractivity contribution >= 4 is 44.2 Å². The Morgan fingerprint density at radius 1 is 1.18 bits per heavy atom. The quantitative estimate of drug-likeness (QED) is 0.635.